The number of aromatic nitrogens is 2. The van der Waals surface area contributed by atoms with Crippen molar-refractivity contribution in [2.45, 2.75) is 44.8 Å². The van der Waals surface area contributed by atoms with Crippen LogP contribution in [-0.4, -0.2) is 36.0 Å². The average molecular weight is 255 g/mol. The van der Waals surface area contributed by atoms with E-state index in [1.54, 1.807) is 0 Å². The van der Waals surface area contributed by atoms with Crippen LogP contribution in [0, 0.1) is 0 Å². The van der Waals surface area contributed by atoms with Crippen LogP contribution in [0.5, 0.6) is 0 Å². The fourth-order valence-electron chi connectivity index (χ4n) is 2.06. The van der Waals surface area contributed by atoms with E-state index in [1.807, 2.05) is 20.8 Å². The Labute approximate surface area is 107 Å². The summed E-state index contributed by atoms with van der Waals surface area (Å²) in [5.41, 5.74) is 5.50. The first-order chi connectivity index (χ1) is 8.54. The van der Waals surface area contributed by atoms with Gasteiger partial charge in [0.05, 0.1) is 12.5 Å². The number of nitrogens with zero attached hydrogens (tertiary/aromatic N) is 2. The summed E-state index contributed by atoms with van der Waals surface area (Å²) in [7, 11) is 0. The molecule has 1 aliphatic heterocycles. The third kappa shape index (κ3) is 2.71. The monoisotopic (exact) mass is 255 g/mol. The Hall–Kier alpha value is -0.980. The molecule has 0 aromatic carbocycles. The van der Waals surface area contributed by atoms with Crippen molar-refractivity contribution in [2.24, 2.45) is 5.73 Å². The van der Waals surface area contributed by atoms with Gasteiger partial charge in [0.25, 0.3) is 0 Å². The van der Waals surface area contributed by atoms with Crippen molar-refractivity contribution >= 4 is 0 Å². The Bertz CT molecular complexity index is 392. The Balaban J connectivity index is 2.14. The van der Waals surface area contributed by atoms with Crippen LogP contribution in [0.3, 0.4) is 0 Å². The molecule has 2 heterocycles. The van der Waals surface area contributed by atoms with Crippen LogP contribution >= 0.6 is 0 Å². The van der Waals surface area contributed by atoms with Crippen molar-refractivity contribution in [2.75, 3.05) is 19.8 Å². The van der Waals surface area contributed by atoms with E-state index < -0.39 is 5.60 Å². The van der Waals surface area contributed by atoms with Crippen LogP contribution in [0.2, 0.25) is 0 Å². The molecule has 2 unspecified atom stereocenters. The van der Waals surface area contributed by atoms with Gasteiger partial charge in [-0.3, -0.25) is 0 Å². The zero-order chi connectivity index (χ0) is 13.2. The number of rotatable bonds is 4. The van der Waals surface area contributed by atoms with Crippen LogP contribution in [0.4, 0.5) is 0 Å². The van der Waals surface area contributed by atoms with Gasteiger partial charge < -0.3 is 19.7 Å². The summed E-state index contributed by atoms with van der Waals surface area (Å²) in [6.07, 6.45) is 0.817. The number of hydrogen-bond donors (Lipinski definition) is 1. The first-order valence-corrected chi connectivity index (χ1v) is 6.36. The largest absolute Gasteiger partial charge is 0.381 e. The summed E-state index contributed by atoms with van der Waals surface area (Å²) in [6, 6.07) is 0.0160. The van der Waals surface area contributed by atoms with Gasteiger partial charge in [-0.15, -0.1) is 0 Å². The smallest absolute Gasteiger partial charge is 0.233 e. The van der Waals surface area contributed by atoms with E-state index in [0.717, 1.165) is 6.42 Å². The maximum absolute atomic E-state index is 6.05. The lowest BCUT2D eigenvalue weighted by Crippen LogP contribution is -2.37. The highest BCUT2D eigenvalue weighted by Gasteiger charge is 2.32. The molecule has 6 heteroatoms. The lowest BCUT2D eigenvalue weighted by molar-refractivity contribution is -0.0221. The maximum Gasteiger partial charge on any atom is 0.233 e. The maximum atomic E-state index is 6.05. The number of nitrogens with two attached hydrogens (primary N) is 1. The molecule has 0 saturated carbocycles. The molecule has 2 rings (SSSR count). The van der Waals surface area contributed by atoms with E-state index in [0.29, 0.717) is 31.5 Å². The first-order valence-electron chi connectivity index (χ1n) is 6.36. The molecule has 0 spiro atoms. The van der Waals surface area contributed by atoms with Crippen LogP contribution in [0.1, 0.15) is 44.8 Å². The fraction of sp³-hybridized carbons (Fsp3) is 0.833. The van der Waals surface area contributed by atoms with E-state index in [1.165, 1.54) is 0 Å². The van der Waals surface area contributed by atoms with Gasteiger partial charge in [-0.2, -0.15) is 4.98 Å². The van der Waals surface area contributed by atoms with Gasteiger partial charge in [0, 0.05) is 19.3 Å². The topological polar surface area (TPSA) is 83.4 Å². The van der Waals surface area contributed by atoms with Crippen LogP contribution in [-0.2, 0) is 15.1 Å². The number of ether oxygens (including phenoxy) is 2. The molecule has 102 valence electrons. The molecule has 0 aliphatic carbocycles. The third-order valence-electron chi connectivity index (χ3n) is 3.21. The standard InChI is InChI=1S/C12H21N3O3/c1-4-17-12(2,3)11-14-10(18-15-11)8-7-16-6-5-9(8)13/h8-9H,4-7,13H2,1-3H3. The van der Waals surface area contributed by atoms with E-state index in [4.69, 9.17) is 19.7 Å². The van der Waals surface area contributed by atoms with Gasteiger partial charge in [-0.05, 0) is 27.2 Å². The summed E-state index contributed by atoms with van der Waals surface area (Å²) in [5.74, 6) is 1.08. The summed E-state index contributed by atoms with van der Waals surface area (Å²) in [5, 5.41) is 3.99. The van der Waals surface area contributed by atoms with E-state index in [2.05, 4.69) is 10.1 Å². The minimum Gasteiger partial charge on any atom is -0.381 e. The van der Waals surface area contributed by atoms with E-state index in [-0.39, 0.29) is 12.0 Å². The second-order valence-electron chi connectivity index (χ2n) is 5.03. The average Bonchev–Trinajstić information content (AvgIpc) is 2.79. The molecule has 0 amide bonds. The van der Waals surface area contributed by atoms with Crippen molar-refractivity contribution in [3.63, 3.8) is 0 Å². The summed E-state index contributed by atoms with van der Waals surface area (Å²) >= 11 is 0. The predicted molar refractivity (Wildman–Crippen MR) is 65.1 cm³/mol. The highest BCUT2D eigenvalue weighted by Crippen LogP contribution is 2.27. The molecule has 2 atom stereocenters. The van der Waals surface area contributed by atoms with Crippen molar-refractivity contribution in [1.82, 2.24) is 10.1 Å². The molecule has 1 aromatic heterocycles. The molecule has 1 saturated heterocycles. The van der Waals surface area contributed by atoms with Crippen molar-refractivity contribution < 1.29 is 14.0 Å². The van der Waals surface area contributed by atoms with Crippen LogP contribution < -0.4 is 5.73 Å². The van der Waals surface area contributed by atoms with Gasteiger partial charge in [0.2, 0.25) is 11.7 Å². The molecular formula is C12H21N3O3. The molecule has 0 bridgehead atoms. The van der Waals surface area contributed by atoms with Crippen LogP contribution in [0.25, 0.3) is 0 Å². The summed E-state index contributed by atoms with van der Waals surface area (Å²) in [6.45, 7) is 7.61. The van der Waals surface area contributed by atoms with Crippen molar-refractivity contribution in [1.29, 1.82) is 0 Å². The minimum absolute atomic E-state index is 0.0160. The van der Waals surface area contributed by atoms with Crippen LogP contribution in [0.15, 0.2) is 4.52 Å². The minimum atomic E-state index is -0.546. The van der Waals surface area contributed by atoms with Gasteiger partial charge in [-0.25, -0.2) is 0 Å². The molecule has 0 radical (unpaired) electrons. The lowest BCUT2D eigenvalue weighted by atomic mass is 9.96. The van der Waals surface area contributed by atoms with Gasteiger partial charge >= 0.3 is 0 Å². The SMILES string of the molecule is CCOC(C)(C)c1noc(C2COCCC2N)n1. The number of hydrogen-bond acceptors (Lipinski definition) is 6. The zero-order valence-electron chi connectivity index (χ0n) is 11.2. The summed E-state index contributed by atoms with van der Waals surface area (Å²) in [4.78, 5) is 4.41. The Morgan fingerprint density at radius 3 is 2.94 bits per heavy atom. The summed E-state index contributed by atoms with van der Waals surface area (Å²) < 4.78 is 16.3. The molecule has 2 N–H and O–H groups in total. The Morgan fingerprint density at radius 2 is 2.28 bits per heavy atom. The molecule has 1 aromatic rings. The third-order valence-corrected chi connectivity index (χ3v) is 3.21. The van der Waals surface area contributed by atoms with Gasteiger partial charge in [0.15, 0.2) is 0 Å². The normalized spacial score (nSPS) is 25.3. The Kier molecular flexibility index (Phi) is 3.99. The first kappa shape index (κ1) is 13.5. The van der Waals surface area contributed by atoms with E-state index in [9.17, 15) is 0 Å². The van der Waals surface area contributed by atoms with Crippen molar-refractivity contribution in [3.8, 4) is 0 Å². The quantitative estimate of drug-likeness (QED) is 0.869. The lowest BCUT2D eigenvalue weighted by Gasteiger charge is -2.25. The molecule has 18 heavy (non-hydrogen) atoms. The van der Waals surface area contributed by atoms with E-state index >= 15 is 0 Å². The van der Waals surface area contributed by atoms with Crippen molar-refractivity contribution in [3.05, 3.63) is 11.7 Å². The van der Waals surface area contributed by atoms with Gasteiger partial charge in [0.1, 0.15) is 5.60 Å². The highest BCUT2D eigenvalue weighted by atomic mass is 16.5. The highest BCUT2D eigenvalue weighted by molar-refractivity contribution is 5.04. The second kappa shape index (κ2) is 5.34. The Morgan fingerprint density at radius 1 is 1.50 bits per heavy atom. The predicted octanol–water partition coefficient (Wildman–Crippen LogP) is 1.17. The second-order valence-corrected chi connectivity index (χ2v) is 5.03. The molecule has 1 fully saturated rings. The molecular weight excluding hydrogens is 234 g/mol. The zero-order valence-corrected chi connectivity index (χ0v) is 11.2. The molecule has 6 nitrogen and oxygen atoms in total. The van der Waals surface area contributed by atoms with Gasteiger partial charge in [-0.1, -0.05) is 5.16 Å². The fourth-order valence-corrected chi connectivity index (χ4v) is 2.06. The molecule has 1 aliphatic rings.